The molecule has 7 heteroatoms. The molecule has 0 unspecified atom stereocenters. The molecule has 3 aliphatic rings. The van der Waals surface area contributed by atoms with Crippen LogP contribution in [0.4, 0.5) is 9.18 Å². The molecule has 1 aromatic carbocycles. The number of benzene rings is 1. The molecule has 0 aromatic heterocycles. The first-order chi connectivity index (χ1) is 12.9. The van der Waals surface area contributed by atoms with Crippen LogP contribution in [0.2, 0.25) is 0 Å². The average Bonchev–Trinajstić information content (AvgIpc) is 3.28. The lowest BCUT2D eigenvalue weighted by atomic mass is 9.73. The van der Waals surface area contributed by atoms with Crippen molar-refractivity contribution in [3.63, 3.8) is 0 Å². The molecule has 4 rings (SSSR count). The summed E-state index contributed by atoms with van der Waals surface area (Å²) in [5.41, 5.74) is 0.860. The fraction of sp³-hybridized carbons (Fsp3) is 0.600. The maximum atomic E-state index is 13.3. The van der Waals surface area contributed by atoms with Crippen LogP contribution in [0.25, 0.3) is 0 Å². The Morgan fingerprint density at radius 3 is 2.93 bits per heavy atom. The van der Waals surface area contributed by atoms with Crippen molar-refractivity contribution in [1.29, 1.82) is 0 Å². The fourth-order valence-corrected chi connectivity index (χ4v) is 5.07. The van der Waals surface area contributed by atoms with Gasteiger partial charge in [-0.15, -0.1) is 0 Å². The van der Waals surface area contributed by atoms with E-state index in [1.54, 1.807) is 6.92 Å². The van der Waals surface area contributed by atoms with E-state index in [9.17, 15) is 14.0 Å². The summed E-state index contributed by atoms with van der Waals surface area (Å²) < 4.78 is 19.6. The number of aryl methyl sites for hydroxylation is 1. The molecule has 0 saturated carbocycles. The standard InChI is InChI=1S/C20H26FN3O3/c1-3-22-19(26)24-10-16-15(17-6-7-20(16,11-24)27-17)9-23-18(25)14-5-4-13(21)8-12(14)2/h4-5,8,15-17H,3,6-7,9-11H2,1-2H3,(H,22,26)(H,23,25)/t15-,16+,17+,20+/m0/s1. The van der Waals surface area contributed by atoms with Gasteiger partial charge in [0.15, 0.2) is 0 Å². The van der Waals surface area contributed by atoms with E-state index in [1.165, 1.54) is 18.2 Å². The third-order valence-corrected chi connectivity index (χ3v) is 6.33. The van der Waals surface area contributed by atoms with Crippen LogP contribution in [-0.2, 0) is 4.74 Å². The van der Waals surface area contributed by atoms with Gasteiger partial charge in [0.2, 0.25) is 0 Å². The average molecular weight is 375 g/mol. The number of likely N-dealkylation sites (tertiary alicyclic amines) is 1. The summed E-state index contributed by atoms with van der Waals surface area (Å²) in [4.78, 5) is 26.6. The lowest BCUT2D eigenvalue weighted by Gasteiger charge is -2.29. The Balaban J connectivity index is 1.42. The highest BCUT2D eigenvalue weighted by atomic mass is 19.1. The van der Waals surface area contributed by atoms with Crippen molar-refractivity contribution in [3.05, 3.63) is 35.1 Å². The monoisotopic (exact) mass is 375 g/mol. The second kappa shape index (κ2) is 6.78. The van der Waals surface area contributed by atoms with Crippen molar-refractivity contribution in [3.8, 4) is 0 Å². The zero-order chi connectivity index (χ0) is 19.2. The molecule has 3 fully saturated rings. The summed E-state index contributed by atoms with van der Waals surface area (Å²) in [5.74, 6) is -0.0943. The minimum absolute atomic E-state index is 0.0435. The van der Waals surface area contributed by atoms with Gasteiger partial charge >= 0.3 is 6.03 Å². The highest BCUT2D eigenvalue weighted by molar-refractivity contribution is 5.95. The summed E-state index contributed by atoms with van der Waals surface area (Å²) in [6, 6.07) is 4.15. The van der Waals surface area contributed by atoms with Gasteiger partial charge in [0.25, 0.3) is 5.91 Å². The predicted molar refractivity (Wildman–Crippen MR) is 97.9 cm³/mol. The molecule has 2 bridgehead atoms. The van der Waals surface area contributed by atoms with Crippen molar-refractivity contribution < 1.29 is 18.7 Å². The third kappa shape index (κ3) is 3.08. The zero-order valence-electron chi connectivity index (χ0n) is 15.8. The highest BCUT2D eigenvalue weighted by Gasteiger charge is 2.63. The van der Waals surface area contributed by atoms with E-state index in [1.807, 2.05) is 11.8 Å². The first kappa shape index (κ1) is 18.2. The van der Waals surface area contributed by atoms with Gasteiger partial charge in [-0.2, -0.15) is 0 Å². The van der Waals surface area contributed by atoms with E-state index >= 15 is 0 Å². The molecule has 27 heavy (non-hydrogen) atoms. The fourth-order valence-electron chi connectivity index (χ4n) is 5.07. The molecular weight excluding hydrogens is 349 g/mol. The van der Waals surface area contributed by atoms with Crippen LogP contribution in [0.15, 0.2) is 18.2 Å². The quantitative estimate of drug-likeness (QED) is 0.846. The summed E-state index contributed by atoms with van der Waals surface area (Å²) in [6.07, 6.45) is 2.08. The Bertz CT molecular complexity index is 771. The van der Waals surface area contributed by atoms with Gasteiger partial charge in [-0.25, -0.2) is 9.18 Å². The van der Waals surface area contributed by atoms with Gasteiger partial charge in [-0.05, 0) is 50.5 Å². The molecule has 4 atom stereocenters. The van der Waals surface area contributed by atoms with Crippen LogP contribution < -0.4 is 10.6 Å². The van der Waals surface area contributed by atoms with Gasteiger partial charge in [-0.1, -0.05) is 0 Å². The maximum absolute atomic E-state index is 13.3. The second-order valence-corrected chi connectivity index (χ2v) is 7.92. The number of carbonyl (C=O) groups excluding carboxylic acids is 2. The lowest BCUT2D eigenvalue weighted by Crippen LogP contribution is -2.42. The number of fused-ring (bicyclic) bond motifs is 1. The van der Waals surface area contributed by atoms with Gasteiger partial charge in [0, 0.05) is 37.0 Å². The van der Waals surface area contributed by atoms with Crippen LogP contribution in [0.5, 0.6) is 0 Å². The summed E-state index contributed by atoms with van der Waals surface area (Å²) in [7, 11) is 0. The Labute approximate surface area is 158 Å². The van der Waals surface area contributed by atoms with Gasteiger partial charge < -0.3 is 20.3 Å². The van der Waals surface area contributed by atoms with E-state index in [2.05, 4.69) is 10.6 Å². The maximum Gasteiger partial charge on any atom is 0.317 e. The minimum Gasteiger partial charge on any atom is -0.369 e. The number of rotatable bonds is 4. The largest absolute Gasteiger partial charge is 0.369 e. The predicted octanol–water partition coefficient (Wildman–Crippen LogP) is 2.07. The van der Waals surface area contributed by atoms with Gasteiger partial charge in [0.1, 0.15) is 5.82 Å². The molecular formula is C20H26FN3O3. The Morgan fingerprint density at radius 1 is 1.37 bits per heavy atom. The SMILES string of the molecule is CCNC(=O)N1C[C@@H]2[C@H](CNC(=O)c3ccc(F)cc3C)[C@H]3CC[C@]2(C1)O3. The van der Waals surface area contributed by atoms with Crippen molar-refractivity contribution in [1.82, 2.24) is 15.5 Å². The van der Waals surface area contributed by atoms with Crippen molar-refractivity contribution in [2.75, 3.05) is 26.2 Å². The molecule has 1 aromatic rings. The van der Waals surface area contributed by atoms with E-state index in [0.717, 1.165) is 12.8 Å². The number of urea groups is 1. The molecule has 146 valence electrons. The number of amides is 3. The van der Waals surface area contributed by atoms with Crippen molar-refractivity contribution in [2.45, 2.75) is 38.4 Å². The second-order valence-electron chi connectivity index (χ2n) is 7.92. The van der Waals surface area contributed by atoms with E-state index in [4.69, 9.17) is 4.74 Å². The molecule has 3 saturated heterocycles. The first-order valence-electron chi connectivity index (χ1n) is 9.68. The van der Waals surface area contributed by atoms with Crippen LogP contribution in [0.3, 0.4) is 0 Å². The number of hydrogen-bond acceptors (Lipinski definition) is 3. The Kier molecular flexibility index (Phi) is 4.58. The van der Waals surface area contributed by atoms with Crippen LogP contribution in [0.1, 0.15) is 35.7 Å². The number of carbonyl (C=O) groups is 2. The zero-order valence-corrected chi connectivity index (χ0v) is 15.8. The Morgan fingerprint density at radius 2 is 2.19 bits per heavy atom. The third-order valence-electron chi connectivity index (χ3n) is 6.33. The highest BCUT2D eigenvalue weighted by Crippen LogP contribution is 2.54. The molecule has 0 aliphatic carbocycles. The molecule has 3 amide bonds. The normalized spacial score (nSPS) is 31.1. The van der Waals surface area contributed by atoms with Crippen LogP contribution >= 0.6 is 0 Å². The van der Waals surface area contributed by atoms with E-state index in [-0.39, 0.29) is 41.3 Å². The summed E-state index contributed by atoms with van der Waals surface area (Å²) in [5, 5.41) is 5.86. The summed E-state index contributed by atoms with van der Waals surface area (Å²) in [6.45, 7) is 6.04. The summed E-state index contributed by atoms with van der Waals surface area (Å²) >= 11 is 0. The number of halogens is 1. The van der Waals surface area contributed by atoms with Crippen LogP contribution in [-0.4, -0.2) is 54.7 Å². The van der Waals surface area contributed by atoms with Crippen molar-refractivity contribution >= 4 is 11.9 Å². The molecule has 6 nitrogen and oxygen atoms in total. The molecule has 3 heterocycles. The molecule has 3 aliphatic heterocycles. The van der Waals surface area contributed by atoms with Crippen molar-refractivity contribution in [2.24, 2.45) is 11.8 Å². The minimum atomic E-state index is -0.344. The van der Waals surface area contributed by atoms with E-state index in [0.29, 0.717) is 37.3 Å². The topological polar surface area (TPSA) is 70.7 Å². The first-order valence-corrected chi connectivity index (χ1v) is 9.68. The van der Waals surface area contributed by atoms with Gasteiger partial charge in [-0.3, -0.25) is 4.79 Å². The smallest absolute Gasteiger partial charge is 0.317 e. The number of nitrogens with zero attached hydrogens (tertiary/aromatic N) is 1. The van der Waals surface area contributed by atoms with Gasteiger partial charge in [0.05, 0.1) is 18.2 Å². The molecule has 2 N–H and O–H groups in total. The number of ether oxygens (including phenoxy) is 1. The Hall–Kier alpha value is -2.15. The number of hydrogen-bond donors (Lipinski definition) is 2. The number of nitrogens with one attached hydrogen (secondary N) is 2. The lowest BCUT2D eigenvalue weighted by molar-refractivity contribution is 0.00555. The molecule has 0 radical (unpaired) electrons. The van der Waals surface area contributed by atoms with Crippen LogP contribution in [0, 0.1) is 24.6 Å². The molecule has 1 spiro atoms. The van der Waals surface area contributed by atoms with E-state index < -0.39 is 0 Å².